The first-order chi connectivity index (χ1) is 8.86. The van der Waals surface area contributed by atoms with Gasteiger partial charge in [-0.05, 0) is 13.0 Å². The molecule has 0 fully saturated rings. The number of methoxy groups -OCH3 is 1. The van der Waals surface area contributed by atoms with Crippen molar-refractivity contribution in [3.63, 3.8) is 0 Å². The summed E-state index contributed by atoms with van der Waals surface area (Å²) in [7, 11) is 1.12. The van der Waals surface area contributed by atoms with Gasteiger partial charge in [-0.3, -0.25) is 9.59 Å². The van der Waals surface area contributed by atoms with Crippen LogP contribution >= 0.6 is 23.2 Å². The quantitative estimate of drug-likeness (QED) is 0.482. The summed E-state index contributed by atoms with van der Waals surface area (Å²) in [6, 6.07) is 1.20. The van der Waals surface area contributed by atoms with Gasteiger partial charge in [-0.1, -0.05) is 23.2 Å². The Bertz CT molecular complexity index is 532. The van der Waals surface area contributed by atoms with Gasteiger partial charge in [0.05, 0.1) is 17.7 Å². The number of carbonyl (C=O) groups is 3. The number of aromatic nitrogens is 1. The zero-order valence-corrected chi connectivity index (χ0v) is 11.5. The standard InChI is InChI=1S/C11H9Cl2NO5/c1-5(9(15)18-2)10(16)19-11(17)6-3-7(12)8(13)14-4-6/h3-5H,1-2H3. The van der Waals surface area contributed by atoms with E-state index < -0.39 is 23.8 Å². The second-order valence-electron chi connectivity index (χ2n) is 3.45. The molecule has 19 heavy (non-hydrogen) atoms. The molecular formula is C11H9Cl2NO5. The van der Waals surface area contributed by atoms with E-state index in [1.54, 1.807) is 0 Å². The molecule has 1 rings (SSSR count). The number of hydrogen-bond donors (Lipinski definition) is 0. The Kier molecular flexibility index (Phi) is 5.26. The second-order valence-corrected chi connectivity index (χ2v) is 4.22. The number of pyridine rings is 1. The van der Waals surface area contributed by atoms with Crippen LogP contribution in [0.5, 0.6) is 0 Å². The Hall–Kier alpha value is -1.66. The van der Waals surface area contributed by atoms with Gasteiger partial charge in [-0.2, -0.15) is 0 Å². The number of halogens is 2. The number of nitrogens with zero attached hydrogens (tertiary/aromatic N) is 1. The van der Waals surface area contributed by atoms with E-state index in [1.807, 2.05) is 0 Å². The Morgan fingerprint density at radius 3 is 2.42 bits per heavy atom. The molecule has 0 spiro atoms. The third kappa shape index (κ3) is 3.90. The van der Waals surface area contributed by atoms with Gasteiger partial charge in [0.2, 0.25) is 0 Å². The second kappa shape index (κ2) is 6.49. The molecule has 102 valence electrons. The molecule has 0 radical (unpaired) electrons. The SMILES string of the molecule is COC(=O)C(C)C(=O)OC(=O)c1cnc(Cl)c(Cl)c1. The lowest BCUT2D eigenvalue weighted by molar-refractivity contribution is -0.156. The molecule has 0 saturated heterocycles. The maximum absolute atomic E-state index is 11.6. The first kappa shape index (κ1) is 15.4. The smallest absolute Gasteiger partial charge is 0.347 e. The molecule has 0 amide bonds. The van der Waals surface area contributed by atoms with E-state index in [2.05, 4.69) is 14.5 Å². The Morgan fingerprint density at radius 2 is 1.89 bits per heavy atom. The Morgan fingerprint density at radius 1 is 1.26 bits per heavy atom. The summed E-state index contributed by atoms with van der Waals surface area (Å²) >= 11 is 11.2. The number of esters is 3. The Labute approximate surface area is 118 Å². The molecule has 0 aliphatic heterocycles. The van der Waals surface area contributed by atoms with Crippen molar-refractivity contribution in [2.24, 2.45) is 5.92 Å². The molecule has 0 N–H and O–H groups in total. The van der Waals surface area contributed by atoms with E-state index in [1.165, 1.54) is 13.0 Å². The lowest BCUT2D eigenvalue weighted by Gasteiger charge is -2.08. The molecule has 6 nitrogen and oxygen atoms in total. The molecular weight excluding hydrogens is 297 g/mol. The predicted molar refractivity (Wildman–Crippen MR) is 65.9 cm³/mol. The highest BCUT2D eigenvalue weighted by Crippen LogP contribution is 2.20. The molecule has 1 atom stereocenters. The van der Waals surface area contributed by atoms with Crippen LogP contribution in [-0.4, -0.2) is 30.0 Å². The van der Waals surface area contributed by atoms with Crippen LogP contribution in [0.25, 0.3) is 0 Å². The van der Waals surface area contributed by atoms with Gasteiger partial charge in [-0.15, -0.1) is 0 Å². The normalized spacial score (nSPS) is 11.6. The van der Waals surface area contributed by atoms with Gasteiger partial charge in [0.25, 0.3) is 0 Å². The van der Waals surface area contributed by atoms with Crippen molar-refractivity contribution in [1.29, 1.82) is 0 Å². The van der Waals surface area contributed by atoms with Crippen molar-refractivity contribution < 1.29 is 23.9 Å². The van der Waals surface area contributed by atoms with Crippen LogP contribution in [-0.2, 0) is 19.1 Å². The average Bonchev–Trinajstić information content (AvgIpc) is 2.39. The van der Waals surface area contributed by atoms with Crippen LogP contribution in [0, 0.1) is 5.92 Å². The molecule has 0 aliphatic rings. The molecule has 0 aliphatic carbocycles. The summed E-state index contributed by atoms with van der Waals surface area (Å²) in [6.07, 6.45) is 1.10. The summed E-state index contributed by atoms with van der Waals surface area (Å²) in [5.41, 5.74) is -0.0557. The van der Waals surface area contributed by atoms with Crippen LogP contribution in [0.1, 0.15) is 17.3 Å². The molecule has 1 aromatic heterocycles. The minimum Gasteiger partial charge on any atom is -0.468 e. The number of hydrogen-bond acceptors (Lipinski definition) is 6. The fourth-order valence-electron chi connectivity index (χ4n) is 1.04. The number of rotatable bonds is 3. The zero-order chi connectivity index (χ0) is 14.6. The van der Waals surface area contributed by atoms with Crippen molar-refractivity contribution in [1.82, 2.24) is 4.98 Å². The molecule has 8 heteroatoms. The van der Waals surface area contributed by atoms with Gasteiger partial charge in [0, 0.05) is 6.20 Å². The van der Waals surface area contributed by atoms with Crippen LogP contribution in [0.3, 0.4) is 0 Å². The van der Waals surface area contributed by atoms with Gasteiger partial charge < -0.3 is 9.47 Å². The van der Waals surface area contributed by atoms with Crippen LogP contribution < -0.4 is 0 Å². The van der Waals surface area contributed by atoms with Crippen molar-refractivity contribution in [3.05, 3.63) is 28.0 Å². The van der Waals surface area contributed by atoms with Crippen LogP contribution in [0.15, 0.2) is 12.3 Å². The van der Waals surface area contributed by atoms with E-state index >= 15 is 0 Å². The van der Waals surface area contributed by atoms with Crippen molar-refractivity contribution in [2.45, 2.75) is 6.92 Å². The van der Waals surface area contributed by atoms with E-state index in [0.717, 1.165) is 13.3 Å². The minimum atomic E-state index is -1.20. The molecule has 1 aromatic rings. The molecule has 1 unspecified atom stereocenters. The van der Waals surface area contributed by atoms with Crippen molar-refractivity contribution >= 4 is 41.1 Å². The third-order valence-corrected chi connectivity index (χ3v) is 2.82. The average molecular weight is 306 g/mol. The lowest BCUT2D eigenvalue weighted by Crippen LogP contribution is -2.26. The maximum atomic E-state index is 11.6. The predicted octanol–water partition coefficient (Wildman–Crippen LogP) is 1.88. The minimum absolute atomic E-state index is 0.0208. The number of ether oxygens (including phenoxy) is 2. The summed E-state index contributed by atoms with van der Waals surface area (Å²) < 4.78 is 8.85. The summed E-state index contributed by atoms with van der Waals surface area (Å²) in [5.74, 6) is -4.01. The van der Waals surface area contributed by atoms with Crippen molar-refractivity contribution in [3.8, 4) is 0 Å². The fourth-order valence-corrected chi connectivity index (χ4v) is 1.31. The summed E-state index contributed by atoms with van der Waals surface area (Å²) in [4.78, 5) is 37.8. The third-order valence-electron chi connectivity index (χ3n) is 2.13. The van der Waals surface area contributed by atoms with E-state index in [-0.39, 0.29) is 15.7 Å². The van der Waals surface area contributed by atoms with Gasteiger partial charge in [0.1, 0.15) is 5.15 Å². The highest BCUT2D eigenvalue weighted by Gasteiger charge is 2.26. The van der Waals surface area contributed by atoms with Gasteiger partial charge in [-0.25, -0.2) is 9.78 Å². The highest BCUT2D eigenvalue weighted by molar-refractivity contribution is 6.41. The largest absolute Gasteiger partial charge is 0.468 e. The molecule has 1 heterocycles. The topological polar surface area (TPSA) is 82.6 Å². The lowest BCUT2D eigenvalue weighted by atomic mass is 10.2. The molecule has 0 saturated carbocycles. The van der Waals surface area contributed by atoms with E-state index in [4.69, 9.17) is 23.2 Å². The molecule has 0 bridgehead atoms. The number of carbonyl (C=O) groups excluding carboxylic acids is 3. The van der Waals surface area contributed by atoms with Gasteiger partial charge >= 0.3 is 17.9 Å². The first-order valence-corrected chi connectivity index (χ1v) is 5.77. The van der Waals surface area contributed by atoms with E-state index in [0.29, 0.717) is 0 Å². The maximum Gasteiger partial charge on any atom is 0.347 e. The van der Waals surface area contributed by atoms with Gasteiger partial charge in [0.15, 0.2) is 5.92 Å². The monoisotopic (exact) mass is 305 g/mol. The van der Waals surface area contributed by atoms with E-state index in [9.17, 15) is 14.4 Å². The molecule has 0 aromatic carbocycles. The fraction of sp³-hybridized carbons (Fsp3) is 0.273. The van der Waals surface area contributed by atoms with Crippen LogP contribution in [0.2, 0.25) is 10.2 Å². The Balaban J connectivity index is 2.77. The highest BCUT2D eigenvalue weighted by atomic mass is 35.5. The zero-order valence-electron chi connectivity index (χ0n) is 9.98. The summed E-state index contributed by atoms with van der Waals surface area (Å²) in [5, 5.41) is 0.0667. The van der Waals surface area contributed by atoms with Crippen molar-refractivity contribution in [2.75, 3.05) is 7.11 Å². The first-order valence-electron chi connectivity index (χ1n) is 5.01. The van der Waals surface area contributed by atoms with Crippen LogP contribution in [0.4, 0.5) is 0 Å². The summed E-state index contributed by atoms with van der Waals surface area (Å²) in [6.45, 7) is 1.26.